The standard InChI is InChI=1S/C15H22ClN3O2/c1-4-5-6-10-7-11-13(19(17)14(10)21)15(2,3)9-18(11)12(20)8-16/h7H,4-6,8-9,17H2,1-3H3. The molecule has 1 aromatic rings. The van der Waals surface area contributed by atoms with Crippen LogP contribution in [0.15, 0.2) is 10.9 Å². The Bertz CT molecular complexity index is 622. The highest BCUT2D eigenvalue weighted by Crippen LogP contribution is 2.39. The molecule has 0 unspecified atom stereocenters. The van der Waals surface area contributed by atoms with Crippen molar-refractivity contribution in [3.8, 4) is 0 Å². The minimum absolute atomic E-state index is 0.0799. The minimum Gasteiger partial charge on any atom is -0.336 e. The highest BCUT2D eigenvalue weighted by atomic mass is 35.5. The summed E-state index contributed by atoms with van der Waals surface area (Å²) in [6, 6.07) is 1.82. The zero-order valence-electron chi connectivity index (χ0n) is 12.8. The van der Waals surface area contributed by atoms with E-state index in [0.717, 1.165) is 18.5 Å². The molecule has 1 aromatic heterocycles. The molecule has 5 nitrogen and oxygen atoms in total. The number of hydrogen-bond donors (Lipinski definition) is 1. The number of unbranched alkanes of at least 4 members (excludes halogenated alkanes) is 1. The average Bonchev–Trinajstić information content (AvgIpc) is 2.71. The van der Waals surface area contributed by atoms with Crippen LogP contribution in [-0.2, 0) is 16.6 Å². The fourth-order valence-electron chi connectivity index (χ4n) is 2.95. The molecule has 0 saturated heterocycles. The van der Waals surface area contributed by atoms with Crippen LogP contribution in [0.5, 0.6) is 0 Å². The number of carbonyl (C=O) groups is 1. The highest BCUT2D eigenvalue weighted by Gasteiger charge is 2.40. The molecule has 0 saturated carbocycles. The van der Waals surface area contributed by atoms with Gasteiger partial charge < -0.3 is 10.7 Å². The number of pyridine rings is 1. The normalized spacial score (nSPS) is 16.1. The lowest BCUT2D eigenvalue weighted by molar-refractivity contribution is -0.116. The Balaban J connectivity index is 2.60. The molecular formula is C15H22ClN3O2. The van der Waals surface area contributed by atoms with Gasteiger partial charge in [-0.2, -0.15) is 0 Å². The average molecular weight is 312 g/mol. The molecule has 0 bridgehead atoms. The molecule has 2 heterocycles. The lowest BCUT2D eigenvalue weighted by Gasteiger charge is -2.20. The van der Waals surface area contributed by atoms with Crippen LogP contribution in [0, 0.1) is 0 Å². The van der Waals surface area contributed by atoms with Gasteiger partial charge in [0.05, 0.1) is 11.4 Å². The lowest BCUT2D eigenvalue weighted by Crippen LogP contribution is -2.37. The van der Waals surface area contributed by atoms with E-state index in [9.17, 15) is 9.59 Å². The number of hydrogen-bond acceptors (Lipinski definition) is 3. The summed E-state index contributed by atoms with van der Waals surface area (Å²) in [5.41, 5.74) is 1.54. The first-order valence-electron chi connectivity index (χ1n) is 7.24. The van der Waals surface area contributed by atoms with Crippen molar-refractivity contribution in [1.82, 2.24) is 4.68 Å². The number of nitrogens with zero attached hydrogens (tertiary/aromatic N) is 2. The maximum Gasteiger partial charge on any atom is 0.272 e. The monoisotopic (exact) mass is 311 g/mol. The van der Waals surface area contributed by atoms with Crippen molar-refractivity contribution in [3.63, 3.8) is 0 Å². The van der Waals surface area contributed by atoms with Gasteiger partial charge in [-0.15, -0.1) is 11.6 Å². The van der Waals surface area contributed by atoms with Crippen LogP contribution < -0.4 is 16.3 Å². The van der Waals surface area contributed by atoms with Crippen LogP contribution in [0.1, 0.15) is 44.9 Å². The number of amides is 1. The van der Waals surface area contributed by atoms with Crippen molar-refractivity contribution in [1.29, 1.82) is 0 Å². The molecule has 0 spiro atoms. The summed E-state index contributed by atoms with van der Waals surface area (Å²) in [5, 5.41) is 0. The SMILES string of the molecule is CCCCc1cc2c(n(N)c1=O)C(C)(C)CN2C(=O)CCl. The van der Waals surface area contributed by atoms with E-state index >= 15 is 0 Å². The zero-order valence-corrected chi connectivity index (χ0v) is 13.5. The van der Waals surface area contributed by atoms with Gasteiger partial charge in [0.1, 0.15) is 5.88 Å². The molecular weight excluding hydrogens is 290 g/mol. The lowest BCUT2D eigenvalue weighted by atomic mass is 9.90. The molecule has 0 atom stereocenters. The van der Waals surface area contributed by atoms with Gasteiger partial charge in [-0.05, 0) is 18.9 Å². The van der Waals surface area contributed by atoms with E-state index in [1.54, 1.807) is 4.90 Å². The first-order valence-corrected chi connectivity index (χ1v) is 7.77. The second-order valence-corrected chi connectivity index (χ2v) is 6.45. The van der Waals surface area contributed by atoms with Gasteiger partial charge in [-0.25, -0.2) is 4.68 Å². The minimum atomic E-state index is -0.367. The maximum absolute atomic E-state index is 12.4. The predicted octanol–water partition coefficient (Wildman–Crippen LogP) is 1.77. The number of aromatic nitrogens is 1. The summed E-state index contributed by atoms with van der Waals surface area (Å²) in [5.74, 6) is 5.78. The van der Waals surface area contributed by atoms with Crippen molar-refractivity contribution in [2.24, 2.45) is 0 Å². The van der Waals surface area contributed by atoms with E-state index < -0.39 is 0 Å². The Morgan fingerprint density at radius 3 is 2.71 bits per heavy atom. The first kappa shape index (κ1) is 15.9. The van der Waals surface area contributed by atoms with Gasteiger partial charge in [0, 0.05) is 17.5 Å². The smallest absolute Gasteiger partial charge is 0.272 e. The largest absolute Gasteiger partial charge is 0.336 e. The van der Waals surface area contributed by atoms with E-state index in [1.807, 2.05) is 19.9 Å². The summed E-state index contributed by atoms with van der Waals surface area (Å²) in [6.45, 7) is 6.51. The third-order valence-electron chi connectivity index (χ3n) is 3.99. The van der Waals surface area contributed by atoms with E-state index in [1.165, 1.54) is 4.68 Å². The summed E-state index contributed by atoms with van der Waals surface area (Å²) < 4.78 is 1.21. The number of alkyl halides is 1. The van der Waals surface area contributed by atoms with Gasteiger partial charge in [-0.3, -0.25) is 9.59 Å². The molecule has 1 amide bonds. The number of halogens is 1. The maximum atomic E-state index is 12.4. The van der Waals surface area contributed by atoms with Crippen LogP contribution in [-0.4, -0.2) is 23.0 Å². The molecule has 0 radical (unpaired) electrons. The second-order valence-electron chi connectivity index (χ2n) is 6.18. The number of rotatable bonds is 4. The molecule has 6 heteroatoms. The Morgan fingerprint density at radius 1 is 1.48 bits per heavy atom. The number of fused-ring (bicyclic) bond motifs is 1. The fraction of sp³-hybridized carbons (Fsp3) is 0.600. The van der Waals surface area contributed by atoms with E-state index in [-0.39, 0.29) is 22.8 Å². The Hall–Kier alpha value is -1.49. The first-order chi connectivity index (χ1) is 9.83. The quantitative estimate of drug-likeness (QED) is 0.680. The summed E-state index contributed by atoms with van der Waals surface area (Å²) in [7, 11) is 0. The molecule has 2 N–H and O–H groups in total. The van der Waals surface area contributed by atoms with Crippen molar-refractivity contribution in [2.75, 3.05) is 23.2 Å². The molecule has 116 valence electrons. The highest BCUT2D eigenvalue weighted by molar-refractivity contribution is 6.29. The fourth-order valence-corrected chi connectivity index (χ4v) is 3.09. The van der Waals surface area contributed by atoms with Crippen LogP contribution in [0.25, 0.3) is 0 Å². The van der Waals surface area contributed by atoms with Crippen molar-refractivity contribution < 1.29 is 4.79 Å². The molecule has 0 fully saturated rings. The molecule has 0 aliphatic carbocycles. The number of nitrogens with two attached hydrogens (primary N) is 1. The zero-order chi connectivity index (χ0) is 15.8. The third kappa shape index (κ3) is 2.67. The second kappa shape index (κ2) is 5.72. The molecule has 2 rings (SSSR count). The van der Waals surface area contributed by atoms with Gasteiger partial charge in [0.25, 0.3) is 5.56 Å². The molecule has 0 aromatic carbocycles. The van der Waals surface area contributed by atoms with Crippen molar-refractivity contribution >= 4 is 23.2 Å². The topological polar surface area (TPSA) is 68.3 Å². The van der Waals surface area contributed by atoms with Crippen molar-refractivity contribution in [3.05, 3.63) is 27.7 Å². The molecule has 1 aliphatic heterocycles. The summed E-state index contributed by atoms with van der Waals surface area (Å²) in [4.78, 5) is 26.1. The molecule has 1 aliphatic rings. The number of carbonyl (C=O) groups excluding carboxylic acids is 1. The van der Waals surface area contributed by atoms with Crippen LogP contribution in [0.2, 0.25) is 0 Å². The summed E-state index contributed by atoms with van der Waals surface area (Å²) >= 11 is 5.70. The van der Waals surface area contributed by atoms with E-state index in [0.29, 0.717) is 24.2 Å². The Labute approximate surface area is 129 Å². The molecule has 21 heavy (non-hydrogen) atoms. The predicted molar refractivity (Wildman–Crippen MR) is 85.6 cm³/mol. The third-order valence-corrected chi connectivity index (χ3v) is 4.22. The van der Waals surface area contributed by atoms with Gasteiger partial charge >= 0.3 is 0 Å². The van der Waals surface area contributed by atoms with Gasteiger partial charge in [0.15, 0.2) is 0 Å². The number of aryl methyl sites for hydroxylation is 1. The summed E-state index contributed by atoms with van der Waals surface area (Å²) in [6.07, 6.45) is 2.58. The van der Waals surface area contributed by atoms with E-state index in [2.05, 4.69) is 6.92 Å². The van der Waals surface area contributed by atoms with Crippen LogP contribution in [0.3, 0.4) is 0 Å². The van der Waals surface area contributed by atoms with Crippen molar-refractivity contribution in [2.45, 2.75) is 45.4 Å². The Kier molecular flexibility index (Phi) is 4.33. The van der Waals surface area contributed by atoms with Gasteiger partial charge in [-0.1, -0.05) is 27.2 Å². The number of anilines is 1. The number of nitrogen functional groups attached to an aromatic ring is 1. The van der Waals surface area contributed by atoms with E-state index in [4.69, 9.17) is 17.4 Å². The van der Waals surface area contributed by atoms with Gasteiger partial charge in [0.2, 0.25) is 5.91 Å². The Morgan fingerprint density at radius 2 is 2.14 bits per heavy atom. The van der Waals surface area contributed by atoms with Crippen LogP contribution in [0.4, 0.5) is 5.69 Å². The van der Waals surface area contributed by atoms with Crippen LogP contribution >= 0.6 is 11.6 Å².